The van der Waals surface area contributed by atoms with E-state index in [9.17, 15) is 14.9 Å². The number of thioether (sulfide) groups is 1. The van der Waals surface area contributed by atoms with Crippen LogP contribution in [0.4, 0.5) is 11.4 Å². The molecule has 150 valence electrons. The van der Waals surface area contributed by atoms with Crippen LogP contribution in [0.3, 0.4) is 0 Å². The first-order valence-electron chi connectivity index (χ1n) is 8.84. The van der Waals surface area contributed by atoms with E-state index in [4.69, 9.17) is 4.42 Å². The number of amides is 1. The van der Waals surface area contributed by atoms with E-state index in [-0.39, 0.29) is 22.8 Å². The number of carbonyl (C=O) groups is 1. The van der Waals surface area contributed by atoms with Crippen LogP contribution in [0.25, 0.3) is 11.5 Å². The summed E-state index contributed by atoms with van der Waals surface area (Å²) >= 11 is 1.12. The fraction of sp³-hybridized carbons (Fsp3) is 0.250. The number of nitrogens with zero attached hydrogens (tertiary/aromatic N) is 3. The summed E-state index contributed by atoms with van der Waals surface area (Å²) in [7, 11) is 0. The molecule has 3 rings (SSSR count). The van der Waals surface area contributed by atoms with Gasteiger partial charge in [-0.2, -0.15) is 0 Å². The van der Waals surface area contributed by atoms with Gasteiger partial charge in [0.2, 0.25) is 11.8 Å². The predicted octanol–water partition coefficient (Wildman–Crippen LogP) is 4.67. The van der Waals surface area contributed by atoms with E-state index in [1.165, 1.54) is 29.8 Å². The lowest BCUT2D eigenvalue weighted by molar-refractivity contribution is -0.384. The van der Waals surface area contributed by atoms with Crippen LogP contribution in [0.15, 0.2) is 58.2 Å². The molecule has 0 saturated heterocycles. The standard InChI is InChI=1S/C20H20N4O4S/c1-20(2,3)14-6-4-13(5-7-14)18-22-23-19(28-18)29-12-17(25)21-15-8-10-16(11-9-15)24(26)27/h4-11H,12H2,1-3H3,(H,21,25). The number of aromatic nitrogens is 2. The monoisotopic (exact) mass is 412 g/mol. The number of carbonyl (C=O) groups excluding carboxylic acids is 1. The zero-order valence-electron chi connectivity index (χ0n) is 16.2. The second-order valence-corrected chi connectivity index (χ2v) is 8.27. The number of benzene rings is 2. The zero-order valence-corrected chi connectivity index (χ0v) is 17.0. The van der Waals surface area contributed by atoms with Gasteiger partial charge in [0.15, 0.2) is 0 Å². The third kappa shape index (κ3) is 5.41. The van der Waals surface area contributed by atoms with Crippen molar-refractivity contribution in [3.63, 3.8) is 0 Å². The Hall–Kier alpha value is -3.20. The summed E-state index contributed by atoms with van der Waals surface area (Å²) in [6.45, 7) is 6.43. The normalized spacial score (nSPS) is 11.3. The molecule has 0 saturated carbocycles. The van der Waals surface area contributed by atoms with Crippen LogP contribution >= 0.6 is 11.8 Å². The molecule has 0 atom stereocenters. The molecule has 9 heteroatoms. The zero-order chi connectivity index (χ0) is 21.0. The van der Waals surface area contributed by atoms with Crippen molar-refractivity contribution in [3.8, 4) is 11.5 Å². The first-order valence-corrected chi connectivity index (χ1v) is 9.82. The smallest absolute Gasteiger partial charge is 0.277 e. The summed E-state index contributed by atoms with van der Waals surface area (Å²) in [5.74, 6) is 0.184. The van der Waals surface area contributed by atoms with Gasteiger partial charge in [0, 0.05) is 23.4 Å². The van der Waals surface area contributed by atoms with Crippen LogP contribution in [0.5, 0.6) is 0 Å². The van der Waals surface area contributed by atoms with E-state index in [1.807, 2.05) is 24.3 Å². The van der Waals surface area contributed by atoms with E-state index in [2.05, 4.69) is 36.3 Å². The lowest BCUT2D eigenvalue weighted by Gasteiger charge is -2.18. The molecule has 1 amide bonds. The van der Waals surface area contributed by atoms with Crippen LogP contribution in [0.2, 0.25) is 0 Å². The number of hydrogen-bond donors (Lipinski definition) is 1. The predicted molar refractivity (Wildman–Crippen MR) is 111 cm³/mol. The first kappa shape index (κ1) is 20.5. The first-order chi connectivity index (χ1) is 13.7. The molecule has 1 N–H and O–H groups in total. The number of nitro benzene ring substituents is 1. The van der Waals surface area contributed by atoms with Crippen molar-refractivity contribution in [1.82, 2.24) is 10.2 Å². The molecular weight excluding hydrogens is 392 g/mol. The van der Waals surface area contributed by atoms with E-state index in [0.29, 0.717) is 16.8 Å². The van der Waals surface area contributed by atoms with Gasteiger partial charge < -0.3 is 9.73 Å². The van der Waals surface area contributed by atoms with Crippen molar-refractivity contribution < 1.29 is 14.1 Å². The summed E-state index contributed by atoms with van der Waals surface area (Å²) in [4.78, 5) is 22.2. The Morgan fingerprint density at radius 3 is 2.34 bits per heavy atom. The molecule has 0 aliphatic rings. The Labute approximate surface area is 171 Å². The lowest BCUT2D eigenvalue weighted by Crippen LogP contribution is -2.13. The van der Waals surface area contributed by atoms with E-state index >= 15 is 0 Å². The van der Waals surface area contributed by atoms with Crippen LogP contribution in [-0.4, -0.2) is 26.8 Å². The van der Waals surface area contributed by atoms with Crippen LogP contribution in [-0.2, 0) is 10.2 Å². The quantitative estimate of drug-likeness (QED) is 0.356. The molecule has 2 aromatic carbocycles. The SMILES string of the molecule is CC(C)(C)c1ccc(-c2nnc(SCC(=O)Nc3ccc([N+](=O)[O-])cc3)o2)cc1. The molecule has 3 aromatic rings. The molecule has 8 nitrogen and oxygen atoms in total. The number of rotatable bonds is 6. The van der Waals surface area contributed by atoms with Crippen molar-refractivity contribution in [3.05, 3.63) is 64.2 Å². The minimum absolute atomic E-state index is 0.0358. The molecule has 0 aliphatic carbocycles. The molecule has 0 spiro atoms. The fourth-order valence-electron chi connectivity index (χ4n) is 2.49. The maximum Gasteiger partial charge on any atom is 0.277 e. The van der Waals surface area contributed by atoms with Crippen molar-refractivity contribution >= 4 is 29.0 Å². The number of non-ortho nitro benzene ring substituents is 1. The second kappa shape index (κ2) is 8.44. The van der Waals surface area contributed by atoms with Crippen molar-refractivity contribution in [2.24, 2.45) is 0 Å². The number of hydrogen-bond acceptors (Lipinski definition) is 7. The molecule has 0 aliphatic heterocycles. The minimum Gasteiger partial charge on any atom is -0.411 e. The van der Waals surface area contributed by atoms with Gasteiger partial charge >= 0.3 is 0 Å². The Bertz CT molecular complexity index is 1010. The maximum atomic E-state index is 12.1. The molecule has 0 radical (unpaired) electrons. The molecule has 1 heterocycles. The van der Waals surface area contributed by atoms with E-state index in [0.717, 1.165) is 17.3 Å². The second-order valence-electron chi connectivity index (χ2n) is 7.34. The molecular formula is C20H20N4O4S. The molecule has 1 aromatic heterocycles. The topological polar surface area (TPSA) is 111 Å². The highest BCUT2D eigenvalue weighted by atomic mass is 32.2. The highest BCUT2D eigenvalue weighted by Gasteiger charge is 2.15. The molecule has 29 heavy (non-hydrogen) atoms. The van der Waals surface area contributed by atoms with Gasteiger partial charge in [0.1, 0.15) is 0 Å². The Kier molecular flexibility index (Phi) is 5.97. The van der Waals surface area contributed by atoms with E-state index in [1.54, 1.807) is 0 Å². The average molecular weight is 412 g/mol. The largest absolute Gasteiger partial charge is 0.411 e. The van der Waals surface area contributed by atoms with Gasteiger partial charge in [-0.15, -0.1) is 10.2 Å². The molecule has 0 bridgehead atoms. The number of anilines is 1. The number of nitrogens with one attached hydrogen (secondary N) is 1. The van der Waals surface area contributed by atoms with Crippen LogP contribution < -0.4 is 5.32 Å². The maximum absolute atomic E-state index is 12.1. The number of nitro groups is 1. The summed E-state index contributed by atoms with van der Waals surface area (Å²) in [5, 5.41) is 21.6. The van der Waals surface area contributed by atoms with Crippen LogP contribution in [0.1, 0.15) is 26.3 Å². The van der Waals surface area contributed by atoms with E-state index < -0.39 is 4.92 Å². The molecule has 0 fully saturated rings. The van der Waals surface area contributed by atoms with Gasteiger partial charge in [0.25, 0.3) is 10.9 Å². The summed E-state index contributed by atoms with van der Waals surface area (Å²) < 4.78 is 5.62. The minimum atomic E-state index is -0.495. The third-order valence-corrected chi connectivity index (χ3v) is 4.91. The highest BCUT2D eigenvalue weighted by molar-refractivity contribution is 7.99. The molecule has 0 unspecified atom stereocenters. The van der Waals surface area contributed by atoms with Crippen LogP contribution in [0, 0.1) is 10.1 Å². The lowest BCUT2D eigenvalue weighted by atomic mass is 9.87. The Morgan fingerprint density at radius 1 is 1.10 bits per heavy atom. The van der Waals surface area contributed by atoms with Crippen molar-refractivity contribution in [1.29, 1.82) is 0 Å². The summed E-state index contributed by atoms with van der Waals surface area (Å²) in [6.07, 6.45) is 0. The Balaban J connectivity index is 1.56. The van der Waals surface area contributed by atoms with Crippen molar-refractivity contribution in [2.75, 3.05) is 11.1 Å². The van der Waals surface area contributed by atoms with Gasteiger partial charge in [-0.1, -0.05) is 44.7 Å². The van der Waals surface area contributed by atoms with Gasteiger partial charge in [0.05, 0.1) is 10.7 Å². The van der Waals surface area contributed by atoms with Gasteiger partial charge in [-0.05, 0) is 35.2 Å². The van der Waals surface area contributed by atoms with Gasteiger partial charge in [-0.3, -0.25) is 14.9 Å². The van der Waals surface area contributed by atoms with Crippen molar-refractivity contribution in [2.45, 2.75) is 31.4 Å². The fourth-order valence-corrected chi connectivity index (χ4v) is 3.05. The summed E-state index contributed by atoms with van der Waals surface area (Å²) in [6, 6.07) is 13.6. The highest BCUT2D eigenvalue weighted by Crippen LogP contribution is 2.27. The van der Waals surface area contributed by atoms with Gasteiger partial charge in [-0.25, -0.2) is 0 Å². The average Bonchev–Trinajstić information content (AvgIpc) is 3.15. The summed E-state index contributed by atoms with van der Waals surface area (Å²) in [5.41, 5.74) is 2.52. The Morgan fingerprint density at radius 2 is 1.76 bits per heavy atom. The third-order valence-electron chi connectivity index (χ3n) is 4.09.